The van der Waals surface area contributed by atoms with Crippen molar-refractivity contribution in [2.75, 3.05) is 125 Å². The summed E-state index contributed by atoms with van der Waals surface area (Å²) in [4.78, 5) is 83.4. The number of nitrogens with one attached hydrogen (secondary N) is 3. The van der Waals surface area contributed by atoms with Crippen LogP contribution in [-0.4, -0.2) is 178 Å². The number of nitriles is 1. The number of ketones is 2. The van der Waals surface area contributed by atoms with Gasteiger partial charge in [0.2, 0.25) is 0 Å². The highest BCUT2D eigenvalue weighted by molar-refractivity contribution is 5.97. The first-order valence-electron chi connectivity index (χ1n) is 34.8. The van der Waals surface area contributed by atoms with Crippen molar-refractivity contribution in [1.29, 1.82) is 5.26 Å². The van der Waals surface area contributed by atoms with Crippen molar-refractivity contribution in [3.05, 3.63) is 205 Å². The van der Waals surface area contributed by atoms with E-state index in [9.17, 15) is 47.2 Å². The van der Waals surface area contributed by atoms with Gasteiger partial charge in [0.25, 0.3) is 17.0 Å². The molecule has 0 aliphatic carbocycles. The summed E-state index contributed by atoms with van der Waals surface area (Å²) in [6.45, 7) is 18.5. The first-order valence-corrected chi connectivity index (χ1v) is 34.8. The molecule has 4 heterocycles. The predicted octanol–water partition coefficient (Wildman–Crippen LogP) is 10.8. The van der Waals surface area contributed by atoms with Gasteiger partial charge in [0.1, 0.15) is 11.3 Å². The topological polar surface area (TPSA) is 286 Å². The summed E-state index contributed by atoms with van der Waals surface area (Å²) in [5.74, 6) is -0.891. The molecule has 0 unspecified atom stereocenters. The van der Waals surface area contributed by atoms with E-state index in [0.29, 0.717) is 162 Å². The number of alkyl halides is 3. The summed E-state index contributed by atoms with van der Waals surface area (Å²) < 4.78 is 92.2. The van der Waals surface area contributed by atoms with Crippen molar-refractivity contribution in [2.45, 2.75) is 78.3 Å². The van der Waals surface area contributed by atoms with E-state index in [-0.39, 0.29) is 86.7 Å². The van der Waals surface area contributed by atoms with Gasteiger partial charge < -0.3 is 53.8 Å². The molecule has 0 atom stereocenters. The van der Waals surface area contributed by atoms with Gasteiger partial charge in [-0.05, 0) is 143 Å². The molecular weight excluding hydrogens is 1360 g/mol. The molecule has 4 aromatic carbocycles. The molecule has 0 spiro atoms. The lowest BCUT2D eigenvalue weighted by molar-refractivity contribution is -0.137. The van der Waals surface area contributed by atoms with Gasteiger partial charge in [-0.1, -0.05) is 36.8 Å². The van der Waals surface area contributed by atoms with Crippen LogP contribution in [0, 0.1) is 38.7 Å². The van der Waals surface area contributed by atoms with Gasteiger partial charge in [-0.3, -0.25) is 33.1 Å². The summed E-state index contributed by atoms with van der Waals surface area (Å²) >= 11 is 0. The highest BCUT2D eigenvalue weighted by Crippen LogP contribution is 2.33. The van der Waals surface area contributed by atoms with E-state index in [1.54, 1.807) is 83.1 Å². The standard InChI is InChI=1S/C77H88F3N11O14/c1-55-12-8-14-63(50-55)88-57(3)67(71-28-31-86-90(71)61-23-19-58(54-81)20-24-61)53-69(75(88)96)73(94)83-32-36-100-40-44-104-48-46-102-42-38-98-34-10-17-65(92)16-6-5-7-29-84-76(97)85-33-37-101-41-45-105-49-47-103-43-39-99-35-11-18-72(93)68-52-66(70-27-30-87-91(70)62-25-21-60(82-4)22-26-62)56(2)89(74(68)95)64-15-9-13-59(51-64)77(78,79)80/h8-9,12-15,19-28,30-31,50-53H,5-7,10-11,16-18,29,32-49H2,1-3H3,(H,83,94)(H2,84,85,97). The maximum absolute atomic E-state index is 14.0. The zero-order chi connectivity index (χ0) is 74.8. The van der Waals surface area contributed by atoms with Crippen LogP contribution in [-0.2, 0) is 48.9 Å². The lowest BCUT2D eigenvalue weighted by Gasteiger charge is -2.18. The van der Waals surface area contributed by atoms with E-state index in [0.717, 1.165) is 41.5 Å². The number of aryl methyl sites for hydroxylation is 1. The van der Waals surface area contributed by atoms with Crippen molar-refractivity contribution in [3.63, 3.8) is 0 Å². The lowest BCUT2D eigenvalue weighted by Crippen LogP contribution is -2.37. The molecule has 4 aromatic heterocycles. The molecule has 3 amide bonds. The van der Waals surface area contributed by atoms with Crippen molar-refractivity contribution in [2.24, 2.45) is 0 Å². The molecule has 105 heavy (non-hydrogen) atoms. The number of hydrogen-bond donors (Lipinski definition) is 3. The third-order valence-corrected chi connectivity index (χ3v) is 16.6. The third-order valence-electron chi connectivity index (χ3n) is 16.6. The number of Topliss-reactive ketones (excluding diaryl/α,β-unsaturated/α-hetero) is 2. The van der Waals surface area contributed by atoms with Gasteiger partial charge in [-0.25, -0.2) is 19.0 Å². The Morgan fingerprint density at radius 2 is 0.952 bits per heavy atom. The van der Waals surface area contributed by atoms with Crippen LogP contribution >= 0.6 is 0 Å². The third kappa shape index (κ3) is 24.7. The van der Waals surface area contributed by atoms with E-state index in [2.05, 4.69) is 37.1 Å². The van der Waals surface area contributed by atoms with Crippen molar-refractivity contribution in [1.82, 2.24) is 44.6 Å². The number of rotatable bonds is 46. The van der Waals surface area contributed by atoms with Crippen molar-refractivity contribution in [3.8, 4) is 51.3 Å². The van der Waals surface area contributed by atoms with Crippen LogP contribution in [0.25, 0.3) is 50.1 Å². The maximum atomic E-state index is 14.0. The molecule has 25 nitrogen and oxygen atoms in total. The Morgan fingerprint density at radius 1 is 0.495 bits per heavy atom. The minimum atomic E-state index is -4.68. The lowest BCUT2D eigenvalue weighted by atomic mass is 10.0. The molecule has 0 saturated carbocycles. The van der Waals surface area contributed by atoms with Crippen LogP contribution in [0.4, 0.5) is 23.7 Å². The number of carbonyl (C=O) groups excluding carboxylic acids is 4. The predicted molar refractivity (Wildman–Crippen MR) is 386 cm³/mol. The number of amides is 3. The number of aromatic nitrogens is 6. The highest BCUT2D eigenvalue weighted by atomic mass is 19.4. The van der Waals surface area contributed by atoms with Crippen LogP contribution in [0.3, 0.4) is 0 Å². The van der Waals surface area contributed by atoms with Crippen LogP contribution in [0.5, 0.6) is 0 Å². The number of unbranched alkanes of at least 4 members (excludes halogenated alkanes) is 2. The number of ether oxygens (including phenoxy) is 8. The number of urea groups is 1. The number of benzene rings is 4. The smallest absolute Gasteiger partial charge is 0.379 e. The van der Waals surface area contributed by atoms with Gasteiger partial charge in [0, 0.05) is 86.0 Å². The van der Waals surface area contributed by atoms with E-state index in [4.69, 9.17) is 44.5 Å². The first-order chi connectivity index (χ1) is 51.0. The van der Waals surface area contributed by atoms with Crippen LogP contribution in [0.1, 0.15) is 100 Å². The van der Waals surface area contributed by atoms with Crippen molar-refractivity contribution >= 4 is 29.2 Å². The zero-order valence-electron chi connectivity index (χ0n) is 59.2. The summed E-state index contributed by atoms with van der Waals surface area (Å²) in [6.07, 6.45) is 2.45. The average molecular weight is 1450 g/mol. The van der Waals surface area contributed by atoms with Crippen molar-refractivity contribution < 1.29 is 70.2 Å². The minimum Gasteiger partial charge on any atom is -0.379 e. The normalized spacial score (nSPS) is 11.4. The maximum Gasteiger partial charge on any atom is 0.416 e. The molecule has 0 fully saturated rings. The Kier molecular flexibility index (Phi) is 32.5. The van der Waals surface area contributed by atoms with E-state index >= 15 is 0 Å². The largest absolute Gasteiger partial charge is 0.416 e. The molecule has 8 rings (SSSR count). The highest BCUT2D eigenvalue weighted by Gasteiger charge is 2.31. The SMILES string of the molecule is [C-]#[N+]c1ccc(-n2nccc2-c2cc(C(=O)CCCOCCOCCOCCOCCNC(=O)NCCCCCC(=O)CCCOCCOCCOCCOCCNC(=O)c3cc(-c4ccnn4-c4ccc(C#N)cc4)c(C)n(-c4cccc(C)c4)c3=O)c(=O)n(-c3cccc(C(F)(F)F)c3)c2C)cc1. The summed E-state index contributed by atoms with van der Waals surface area (Å²) in [6, 6.07) is 33.8. The molecule has 556 valence electrons. The summed E-state index contributed by atoms with van der Waals surface area (Å²) in [5, 5.41) is 26.6. The number of nitrogens with zero attached hydrogens (tertiary/aromatic N) is 8. The summed E-state index contributed by atoms with van der Waals surface area (Å²) in [7, 11) is 0. The minimum absolute atomic E-state index is 0.0429. The summed E-state index contributed by atoms with van der Waals surface area (Å²) in [5.41, 5.74) is 4.35. The molecule has 0 aliphatic rings. The number of carbonyl (C=O) groups is 4. The molecular formula is C77H88F3N11O14. The average Bonchev–Trinajstić information content (AvgIpc) is 1.75. The fraction of sp³-hybridized carbons (Fsp3) is 0.403. The molecule has 28 heteroatoms. The Bertz CT molecular complexity index is 4350. The Balaban J connectivity index is 0.572. The van der Waals surface area contributed by atoms with Gasteiger partial charge in [-0.2, -0.15) is 28.6 Å². The first kappa shape index (κ1) is 80.4. The van der Waals surface area contributed by atoms with Crippen LogP contribution < -0.4 is 27.1 Å². The molecule has 0 radical (unpaired) electrons. The molecule has 0 bridgehead atoms. The van der Waals surface area contributed by atoms with Gasteiger partial charge in [0.15, 0.2) is 11.5 Å². The Morgan fingerprint density at radius 3 is 1.48 bits per heavy atom. The quantitative estimate of drug-likeness (QED) is 0.0182. The van der Waals surface area contributed by atoms with Crippen LogP contribution in [0.2, 0.25) is 0 Å². The fourth-order valence-electron chi connectivity index (χ4n) is 11.2. The van der Waals surface area contributed by atoms with E-state index in [1.165, 1.54) is 29.0 Å². The number of pyridine rings is 2. The monoisotopic (exact) mass is 1450 g/mol. The second-order valence-electron chi connectivity index (χ2n) is 24.1. The molecule has 0 aliphatic heterocycles. The van der Waals surface area contributed by atoms with Gasteiger partial charge >= 0.3 is 12.2 Å². The second kappa shape index (κ2) is 42.5. The Labute approximate surface area is 606 Å². The molecule has 0 saturated heterocycles. The van der Waals surface area contributed by atoms with Gasteiger partial charge in [-0.15, -0.1) is 0 Å². The molecule has 8 aromatic rings. The van der Waals surface area contributed by atoms with Gasteiger partial charge in [0.05, 0.1) is 157 Å². The number of halogens is 3. The Hall–Kier alpha value is -10.3. The van der Waals surface area contributed by atoms with E-state index in [1.807, 2.05) is 44.2 Å². The van der Waals surface area contributed by atoms with E-state index < -0.39 is 34.5 Å². The second-order valence-corrected chi connectivity index (χ2v) is 24.1. The molecule has 3 N–H and O–H groups in total. The fourth-order valence-corrected chi connectivity index (χ4v) is 11.2. The number of hydrogen-bond acceptors (Lipinski definition) is 17. The van der Waals surface area contributed by atoms with Crippen LogP contribution in [0.15, 0.2) is 143 Å². The zero-order valence-corrected chi connectivity index (χ0v) is 59.2.